The summed E-state index contributed by atoms with van der Waals surface area (Å²) in [6.45, 7) is 0. The molecule has 0 bridgehead atoms. The molecule has 0 aliphatic carbocycles. The number of rotatable bonds is 4. The van der Waals surface area contributed by atoms with E-state index in [1.165, 1.54) is 36.0 Å². The van der Waals surface area contributed by atoms with E-state index in [2.05, 4.69) is 15.0 Å². The molecule has 142 valence electrons. The summed E-state index contributed by atoms with van der Waals surface area (Å²) in [5.41, 5.74) is 2.28. The number of thiazole rings is 1. The van der Waals surface area contributed by atoms with Crippen LogP contribution in [0.1, 0.15) is 5.69 Å². The fourth-order valence-electron chi connectivity index (χ4n) is 2.81. The van der Waals surface area contributed by atoms with Gasteiger partial charge in [0.25, 0.3) is 5.69 Å². The maximum Gasteiger partial charge on any atom is 0.293 e. The van der Waals surface area contributed by atoms with Gasteiger partial charge in [0.2, 0.25) is 0 Å². The third-order valence-electron chi connectivity index (χ3n) is 4.11. The highest BCUT2D eigenvalue weighted by Crippen LogP contribution is 2.28. The first kappa shape index (κ1) is 18.4. The summed E-state index contributed by atoms with van der Waals surface area (Å²) in [7, 11) is 0. The van der Waals surface area contributed by atoms with Gasteiger partial charge in [-0.05, 0) is 11.6 Å². The summed E-state index contributed by atoms with van der Waals surface area (Å²) in [4.78, 5) is 24.1. The van der Waals surface area contributed by atoms with Crippen molar-refractivity contribution in [3.05, 3.63) is 99.2 Å². The second-order valence-electron chi connectivity index (χ2n) is 5.90. The van der Waals surface area contributed by atoms with E-state index in [0.717, 1.165) is 11.3 Å². The van der Waals surface area contributed by atoms with Crippen LogP contribution >= 0.6 is 11.3 Å². The van der Waals surface area contributed by atoms with Crippen LogP contribution in [0.25, 0.3) is 16.9 Å². The minimum absolute atomic E-state index is 0.0458. The first-order valence-corrected chi connectivity index (χ1v) is 9.42. The molecule has 0 radical (unpaired) electrons. The molecule has 4 aromatic rings. The fraction of sp³-hybridized carbons (Fsp3) is 0. The molecule has 0 fully saturated rings. The van der Waals surface area contributed by atoms with Crippen molar-refractivity contribution in [1.29, 1.82) is 5.41 Å². The zero-order valence-corrected chi connectivity index (χ0v) is 15.8. The van der Waals surface area contributed by atoms with Crippen molar-refractivity contribution in [3.8, 4) is 16.9 Å². The van der Waals surface area contributed by atoms with Gasteiger partial charge in [0, 0.05) is 23.8 Å². The van der Waals surface area contributed by atoms with E-state index in [1.807, 2.05) is 35.7 Å². The molecule has 8 nitrogen and oxygen atoms in total. The number of nitrogens with one attached hydrogen (secondary N) is 1. The van der Waals surface area contributed by atoms with Crippen molar-refractivity contribution in [3.63, 3.8) is 0 Å². The van der Waals surface area contributed by atoms with Gasteiger partial charge in [-0.3, -0.25) is 25.1 Å². The monoisotopic (exact) mass is 402 g/mol. The van der Waals surface area contributed by atoms with E-state index >= 15 is 0 Å². The summed E-state index contributed by atoms with van der Waals surface area (Å²) in [6, 6.07) is 16.0. The van der Waals surface area contributed by atoms with Gasteiger partial charge >= 0.3 is 0 Å². The molecule has 2 aromatic heterocycles. The van der Waals surface area contributed by atoms with Crippen molar-refractivity contribution in [2.45, 2.75) is 0 Å². The summed E-state index contributed by atoms with van der Waals surface area (Å²) in [6.07, 6.45) is 4.45. The molecule has 0 unspecified atom stereocenters. The van der Waals surface area contributed by atoms with Crippen LogP contribution in [0.4, 0.5) is 5.69 Å². The van der Waals surface area contributed by atoms with Gasteiger partial charge in [0.1, 0.15) is 11.4 Å². The molecule has 0 saturated heterocycles. The van der Waals surface area contributed by atoms with Gasteiger partial charge < -0.3 is 0 Å². The molecule has 0 saturated carbocycles. The van der Waals surface area contributed by atoms with Crippen LogP contribution in [0.15, 0.2) is 83.6 Å². The number of para-hydroxylation sites is 2. The maximum absolute atomic E-state index is 11.6. The number of amidine groups is 1. The molecular formula is C20H14N6O2S. The van der Waals surface area contributed by atoms with E-state index in [0.29, 0.717) is 16.2 Å². The van der Waals surface area contributed by atoms with Gasteiger partial charge in [-0.1, -0.05) is 42.5 Å². The molecule has 0 aliphatic heterocycles. The van der Waals surface area contributed by atoms with E-state index in [9.17, 15) is 10.1 Å². The second kappa shape index (κ2) is 7.95. The van der Waals surface area contributed by atoms with Gasteiger partial charge in [0.15, 0.2) is 10.6 Å². The minimum atomic E-state index is -0.424. The number of aromatic nitrogens is 3. The lowest BCUT2D eigenvalue weighted by Crippen LogP contribution is -2.18. The minimum Gasteiger partial charge on any atom is -0.281 e. The first-order chi connectivity index (χ1) is 14.1. The van der Waals surface area contributed by atoms with Crippen LogP contribution in [-0.4, -0.2) is 25.3 Å². The molecule has 2 heterocycles. The van der Waals surface area contributed by atoms with Crippen LogP contribution in [0.5, 0.6) is 0 Å². The van der Waals surface area contributed by atoms with Crippen LogP contribution < -0.4 is 4.80 Å². The Morgan fingerprint density at radius 1 is 1.10 bits per heavy atom. The number of nitro groups is 1. The molecule has 4 rings (SSSR count). The van der Waals surface area contributed by atoms with Crippen molar-refractivity contribution in [2.75, 3.05) is 0 Å². The average Bonchev–Trinajstić information content (AvgIpc) is 3.18. The lowest BCUT2D eigenvalue weighted by molar-refractivity contribution is -0.384. The highest BCUT2D eigenvalue weighted by Gasteiger charge is 2.19. The standard InChI is InChI=1S/C20H14N6O2S/c21-19(15-12-22-10-11-23-15)24-20-25(16-8-4-5-9-17(16)26(27)28)18(13-29-20)14-6-2-1-3-7-14/h1-13,21H. The predicted molar refractivity (Wildman–Crippen MR) is 110 cm³/mol. The van der Waals surface area contributed by atoms with E-state index in [4.69, 9.17) is 5.41 Å². The molecule has 9 heteroatoms. The van der Waals surface area contributed by atoms with Gasteiger partial charge in [-0.15, -0.1) is 11.3 Å². The topological polar surface area (TPSA) is 110 Å². The predicted octanol–water partition coefficient (Wildman–Crippen LogP) is 3.83. The Bertz CT molecular complexity index is 1250. The largest absolute Gasteiger partial charge is 0.293 e. The SMILES string of the molecule is N=C(N=c1scc(-c2ccccc2)n1-c1ccccc1[N+](=O)[O-])c1cnccn1. The van der Waals surface area contributed by atoms with Crippen LogP contribution in [0, 0.1) is 15.5 Å². The number of hydrogen-bond donors (Lipinski definition) is 1. The average molecular weight is 402 g/mol. The second-order valence-corrected chi connectivity index (χ2v) is 6.74. The van der Waals surface area contributed by atoms with Crippen LogP contribution in [0.2, 0.25) is 0 Å². The quantitative estimate of drug-likeness (QED) is 0.242. The molecule has 29 heavy (non-hydrogen) atoms. The summed E-state index contributed by atoms with van der Waals surface area (Å²) >= 11 is 1.29. The maximum atomic E-state index is 11.6. The zero-order valence-electron chi connectivity index (χ0n) is 15.0. The third-order valence-corrected chi connectivity index (χ3v) is 4.94. The van der Waals surface area contributed by atoms with Gasteiger partial charge in [-0.2, -0.15) is 4.99 Å². The molecule has 0 aliphatic rings. The van der Waals surface area contributed by atoms with E-state index in [1.54, 1.807) is 22.8 Å². The van der Waals surface area contributed by atoms with Crippen molar-refractivity contribution >= 4 is 22.9 Å². The van der Waals surface area contributed by atoms with E-state index in [-0.39, 0.29) is 11.5 Å². The third kappa shape index (κ3) is 3.71. The van der Waals surface area contributed by atoms with Gasteiger partial charge in [-0.25, -0.2) is 4.98 Å². The Morgan fingerprint density at radius 2 is 1.86 bits per heavy atom. The summed E-state index contributed by atoms with van der Waals surface area (Å²) in [5.74, 6) is -0.0769. The van der Waals surface area contributed by atoms with Crippen LogP contribution in [0.3, 0.4) is 0 Å². The van der Waals surface area contributed by atoms with Crippen molar-refractivity contribution < 1.29 is 4.92 Å². The number of nitro benzene ring substituents is 1. The summed E-state index contributed by atoms with van der Waals surface area (Å²) < 4.78 is 1.70. The number of nitrogens with zero attached hydrogens (tertiary/aromatic N) is 5. The summed E-state index contributed by atoms with van der Waals surface area (Å²) in [5, 5.41) is 21.8. The Hall–Kier alpha value is -3.98. The fourth-order valence-corrected chi connectivity index (χ4v) is 3.72. The highest BCUT2D eigenvalue weighted by atomic mass is 32.1. The lowest BCUT2D eigenvalue weighted by atomic mass is 10.1. The highest BCUT2D eigenvalue weighted by molar-refractivity contribution is 7.07. The Balaban J connectivity index is 1.97. The molecule has 0 spiro atoms. The number of benzene rings is 2. The van der Waals surface area contributed by atoms with Crippen LogP contribution in [-0.2, 0) is 0 Å². The Kier molecular flexibility index (Phi) is 5.04. The Morgan fingerprint density at radius 3 is 2.59 bits per heavy atom. The number of hydrogen-bond acceptors (Lipinski definition) is 6. The molecular weight excluding hydrogens is 388 g/mol. The van der Waals surface area contributed by atoms with Crippen molar-refractivity contribution in [1.82, 2.24) is 14.5 Å². The zero-order chi connectivity index (χ0) is 20.2. The van der Waals surface area contributed by atoms with Crippen molar-refractivity contribution in [2.24, 2.45) is 4.99 Å². The smallest absolute Gasteiger partial charge is 0.281 e. The normalized spacial score (nSPS) is 11.4. The first-order valence-electron chi connectivity index (χ1n) is 8.54. The molecule has 2 aromatic carbocycles. The van der Waals surface area contributed by atoms with Gasteiger partial charge in [0.05, 0.1) is 16.8 Å². The molecule has 1 N–H and O–H groups in total. The molecule has 0 amide bonds. The Labute approximate surface area is 169 Å². The van der Waals surface area contributed by atoms with E-state index < -0.39 is 4.92 Å². The molecule has 0 atom stereocenters. The lowest BCUT2D eigenvalue weighted by Gasteiger charge is -2.10.